The van der Waals surface area contributed by atoms with Crippen molar-refractivity contribution < 1.29 is 22.4 Å². The van der Waals surface area contributed by atoms with Gasteiger partial charge in [-0.05, 0) is 17.7 Å². The summed E-state index contributed by atoms with van der Waals surface area (Å²) >= 11 is 0. The molecule has 1 amide bonds. The summed E-state index contributed by atoms with van der Waals surface area (Å²) in [6, 6.07) is 6.08. The van der Waals surface area contributed by atoms with Gasteiger partial charge >= 0.3 is 0 Å². The van der Waals surface area contributed by atoms with E-state index >= 15 is 0 Å². The van der Waals surface area contributed by atoms with Crippen LogP contribution in [0.3, 0.4) is 0 Å². The number of hydrogen-bond acceptors (Lipinski definition) is 2. The van der Waals surface area contributed by atoms with Crippen molar-refractivity contribution in [1.82, 2.24) is 0 Å². The number of anilines is 1. The topological polar surface area (TPSA) is 55.1 Å². The number of nitrogens with one attached hydrogen (secondary N) is 1. The van der Waals surface area contributed by atoms with Crippen LogP contribution in [-0.4, -0.2) is 5.91 Å². The van der Waals surface area contributed by atoms with E-state index in [1.807, 2.05) is 0 Å². The zero-order valence-corrected chi connectivity index (χ0v) is 10.6. The number of nitrogens with two attached hydrogens (primary N) is 1. The van der Waals surface area contributed by atoms with Gasteiger partial charge in [0, 0.05) is 18.2 Å². The van der Waals surface area contributed by atoms with Crippen LogP contribution < -0.4 is 11.1 Å². The van der Waals surface area contributed by atoms with Gasteiger partial charge in [-0.25, -0.2) is 17.6 Å². The molecular formula is C14H10F4N2O. The molecule has 0 aromatic heterocycles. The Bertz CT molecular complexity index is 677. The van der Waals surface area contributed by atoms with E-state index in [2.05, 4.69) is 5.32 Å². The third-order valence-corrected chi connectivity index (χ3v) is 2.79. The first-order valence-electron chi connectivity index (χ1n) is 5.85. The van der Waals surface area contributed by atoms with Crippen LogP contribution in [0.4, 0.5) is 23.2 Å². The molecule has 0 atom stereocenters. The Hall–Kier alpha value is -2.57. The van der Waals surface area contributed by atoms with Crippen LogP contribution in [0.2, 0.25) is 0 Å². The monoisotopic (exact) mass is 298 g/mol. The minimum absolute atomic E-state index is 0.129. The Morgan fingerprint density at radius 3 is 2.24 bits per heavy atom. The molecule has 0 saturated carbocycles. The van der Waals surface area contributed by atoms with E-state index in [9.17, 15) is 22.4 Å². The Morgan fingerprint density at radius 1 is 1.05 bits per heavy atom. The summed E-state index contributed by atoms with van der Waals surface area (Å²) in [5, 5.41) is 2.26. The highest BCUT2D eigenvalue weighted by Crippen LogP contribution is 2.24. The fraction of sp³-hybridized carbons (Fsp3) is 0.0714. The van der Waals surface area contributed by atoms with E-state index in [0.29, 0.717) is 5.56 Å². The zero-order valence-electron chi connectivity index (χ0n) is 10.6. The van der Waals surface area contributed by atoms with E-state index in [0.717, 1.165) is 0 Å². The highest BCUT2D eigenvalue weighted by atomic mass is 19.2. The third-order valence-electron chi connectivity index (χ3n) is 2.79. The van der Waals surface area contributed by atoms with Crippen molar-refractivity contribution in [2.24, 2.45) is 5.73 Å². The standard InChI is InChI=1S/C14H10F4N2O/c15-9-5-10(16)12(18)13(11(9)17)20-6-7-2-1-3-8(4-7)14(19)21/h1-5,20H,6H2,(H2,19,21). The molecule has 0 bridgehead atoms. The van der Waals surface area contributed by atoms with Crippen molar-refractivity contribution in [1.29, 1.82) is 0 Å². The molecule has 0 spiro atoms. The first-order chi connectivity index (χ1) is 9.90. The summed E-state index contributed by atoms with van der Waals surface area (Å²) in [4.78, 5) is 11.0. The van der Waals surface area contributed by atoms with Gasteiger partial charge in [0.25, 0.3) is 0 Å². The van der Waals surface area contributed by atoms with Gasteiger partial charge < -0.3 is 11.1 Å². The van der Waals surface area contributed by atoms with Crippen molar-refractivity contribution >= 4 is 11.6 Å². The highest BCUT2D eigenvalue weighted by Gasteiger charge is 2.18. The third kappa shape index (κ3) is 3.13. The minimum Gasteiger partial charge on any atom is -0.376 e. The number of carbonyl (C=O) groups excluding carboxylic acids is 1. The molecule has 0 aliphatic carbocycles. The van der Waals surface area contributed by atoms with Gasteiger partial charge in [0.1, 0.15) is 5.69 Å². The molecule has 0 heterocycles. The lowest BCUT2D eigenvalue weighted by atomic mass is 10.1. The second-order valence-electron chi connectivity index (χ2n) is 4.26. The summed E-state index contributed by atoms with van der Waals surface area (Å²) in [5.74, 6) is -6.68. The first kappa shape index (κ1) is 14.8. The van der Waals surface area contributed by atoms with Gasteiger partial charge in [-0.15, -0.1) is 0 Å². The van der Waals surface area contributed by atoms with Crippen LogP contribution >= 0.6 is 0 Å². The number of benzene rings is 2. The van der Waals surface area contributed by atoms with Crippen LogP contribution in [0.5, 0.6) is 0 Å². The first-order valence-corrected chi connectivity index (χ1v) is 5.85. The number of rotatable bonds is 4. The Morgan fingerprint density at radius 2 is 1.67 bits per heavy atom. The molecule has 7 heteroatoms. The number of halogens is 4. The predicted octanol–water partition coefficient (Wildman–Crippen LogP) is 2.95. The number of amides is 1. The molecule has 0 aliphatic heterocycles. The lowest BCUT2D eigenvalue weighted by Gasteiger charge is -2.10. The van der Waals surface area contributed by atoms with Crippen molar-refractivity contribution in [2.75, 3.05) is 5.32 Å². The van der Waals surface area contributed by atoms with Crippen LogP contribution in [0.25, 0.3) is 0 Å². The van der Waals surface area contributed by atoms with Gasteiger partial charge in [0.2, 0.25) is 5.91 Å². The molecule has 3 N–H and O–H groups in total. The second-order valence-corrected chi connectivity index (χ2v) is 4.26. The van der Waals surface area contributed by atoms with Crippen molar-refractivity contribution in [3.8, 4) is 0 Å². The maximum atomic E-state index is 13.4. The van der Waals surface area contributed by atoms with E-state index in [-0.39, 0.29) is 18.2 Å². The summed E-state index contributed by atoms with van der Waals surface area (Å²) in [6.07, 6.45) is 0. The van der Waals surface area contributed by atoms with Crippen molar-refractivity contribution in [2.45, 2.75) is 6.54 Å². The second kappa shape index (κ2) is 5.82. The molecular weight excluding hydrogens is 288 g/mol. The summed E-state index contributed by atoms with van der Waals surface area (Å²) in [6.45, 7) is -0.141. The summed E-state index contributed by atoms with van der Waals surface area (Å²) < 4.78 is 52.9. The van der Waals surface area contributed by atoms with Crippen LogP contribution in [-0.2, 0) is 6.54 Å². The molecule has 2 aromatic carbocycles. The highest BCUT2D eigenvalue weighted by molar-refractivity contribution is 5.92. The SMILES string of the molecule is NC(=O)c1cccc(CNc2c(F)c(F)cc(F)c2F)c1. The van der Waals surface area contributed by atoms with Gasteiger partial charge in [-0.1, -0.05) is 12.1 Å². The fourth-order valence-electron chi connectivity index (χ4n) is 1.75. The molecule has 0 unspecified atom stereocenters. The molecule has 21 heavy (non-hydrogen) atoms. The summed E-state index contributed by atoms with van der Waals surface area (Å²) in [7, 11) is 0. The van der Waals surface area contributed by atoms with E-state index in [4.69, 9.17) is 5.73 Å². The van der Waals surface area contributed by atoms with Crippen molar-refractivity contribution in [3.05, 3.63) is 64.7 Å². The van der Waals surface area contributed by atoms with Gasteiger partial charge in [-0.2, -0.15) is 0 Å². The molecule has 0 aliphatic rings. The average molecular weight is 298 g/mol. The van der Waals surface area contributed by atoms with Crippen LogP contribution in [0.1, 0.15) is 15.9 Å². The van der Waals surface area contributed by atoms with Crippen molar-refractivity contribution in [3.63, 3.8) is 0 Å². The molecule has 3 nitrogen and oxygen atoms in total. The molecule has 2 aromatic rings. The Balaban J connectivity index is 2.25. The van der Waals surface area contributed by atoms with Gasteiger partial charge in [0.05, 0.1) is 0 Å². The van der Waals surface area contributed by atoms with E-state index in [1.165, 1.54) is 18.2 Å². The molecule has 0 saturated heterocycles. The van der Waals surface area contributed by atoms with Gasteiger partial charge in [0.15, 0.2) is 23.3 Å². The average Bonchev–Trinajstić information content (AvgIpc) is 2.45. The lowest BCUT2D eigenvalue weighted by Crippen LogP contribution is -2.12. The smallest absolute Gasteiger partial charge is 0.248 e. The number of hydrogen-bond donors (Lipinski definition) is 2. The molecule has 0 radical (unpaired) electrons. The van der Waals surface area contributed by atoms with Gasteiger partial charge in [-0.3, -0.25) is 4.79 Å². The Kier molecular flexibility index (Phi) is 4.11. The fourth-order valence-corrected chi connectivity index (χ4v) is 1.75. The number of primary amides is 1. The van der Waals surface area contributed by atoms with E-state index < -0.39 is 34.9 Å². The quantitative estimate of drug-likeness (QED) is 0.673. The summed E-state index contributed by atoms with van der Waals surface area (Å²) in [5.41, 5.74) is 4.87. The molecule has 0 fully saturated rings. The maximum Gasteiger partial charge on any atom is 0.248 e. The Labute approximate surface area is 117 Å². The number of carbonyl (C=O) groups is 1. The van der Waals surface area contributed by atoms with E-state index in [1.54, 1.807) is 6.07 Å². The predicted molar refractivity (Wildman–Crippen MR) is 68.6 cm³/mol. The van der Waals surface area contributed by atoms with Crippen LogP contribution in [0, 0.1) is 23.3 Å². The molecule has 110 valence electrons. The lowest BCUT2D eigenvalue weighted by molar-refractivity contribution is 0.1000. The zero-order chi connectivity index (χ0) is 15.6. The maximum absolute atomic E-state index is 13.4. The molecule has 2 rings (SSSR count). The normalized spacial score (nSPS) is 10.5. The minimum atomic E-state index is -1.51. The largest absolute Gasteiger partial charge is 0.376 e. The van der Waals surface area contributed by atoms with Crippen LogP contribution in [0.15, 0.2) is 30.3 Å².